The molecule has 0 atom stereocenters. The lowest BCUT2D eigenvalue weighted by atomic mass is 9.83. The van der Waals surface area contributed by atoms with Crippen LogP contribution in [0.15, 0.2) is 65.4 Å². The minimum absolute atomic E-state index is 0.194. The van der Waals surface area contributed by atoms with E-state index in [-0.39, 0.29) is 22.5 Å². The maximum Gasteiger partial charge on any atom is 0.295 e. The molecule has 166 valence electrons. The molecule has 5 aromatic rings. The lowest BCUT2D eigenvalue weighted by Crippen LogP contribution is -2.31. The van der Waals surface area contributed by atoms with Crippen LogP contribution in [-0.4, -0.2) is 30.2 Å². The van der Waals surface area contributed by atoms with Crippen molar-refractivity contribution >= 4 is 11.0 Å². The number of fused-ring (bicyclic) bond motifs is 1. The highest BCUT2D eigenvalue weighted by Gasteiger charge is 2.40. The highest BCUT2D eigenvalue weighted by molar-refractivity contribution is 5.88. The maximum absolute atomic E-state index is 13.6. The van der Waals surface area contributed by atoms with Crippen molar-refractivity contribution in [2.75, 3.05) is 0 Å². The van der Waals surface area contributed by atoms with Crippen LogP contribution >= 0.6 is 0 Å². The molecule has 7 nitrogen and oxygen atoms in total. The number of aromatic nitrogens is 5. The number of aliphatic hydroxyl groups is 1. The number of halogens is 2. The van der Waals surface area contributed by atoms with Gasteiger partial charge in [0.15, 0.2) is 11.4 Å². The Labute approximate surface area is 187 Å². The van der Waals surface area contributed by atoms with Gasteiger partial charge in [-0.15, -0.1) is 0 Å². The average Bonchev–Trinajstić information content (AvgIpc) is 3.42. The zero-order valence-corrected chi connectivity index (χ0v) is 17.8. The Balaban J connectivity index is 1.90. The summed E-state index contributed by atoms with van der Waals surface area (Å²) in [6, 6.07) is 13.6. The van der Waals surface area contributed by atoms with E-state index < -0.39 is 17.9 Å². The predicted molar refractivity (Wildman–Crippen MR) is 117 cm³/mol. The first kappa shape index (κ1) is 20.9. The molecule has 0 aliphatic carbocycles. The standard InChI is InChI=1S/C24H19F2N5O2/c1-13-20(14(2)33-31-13)15-11-16(21-17(12-15)29-23(30-21)22(25)26)24(32,18-7-3-5-9-27-18)19-8-4-6-10-28-19/h3-12,22,32H,1-2H3,(H,29,30). The van der Waals surface area contributed by atoms with Crippen molar-refractivity contribution < 1.29 is 18.4 Å². The molecular weight excluding hydrogens is 428 g/mol. The molecule has 0 spiro atoms. The molecular formula is C24H19F2N5O2. The molecule has 0 aliphatic heterocycles. The Morgan fingerprint density at radius 3 is 2.18 bits per heavy atom. The molecule has 0 saturated heterocycles. The van der Waals surface area contributed by atoms with Crippen molar-refractivity contribution in [1.82, 2.24) is 25.1 Å². The van der Waals surface area contributed by atoms with Gasteiger partial charge in [0.1, 0.15) is 5.76 Å². The Kier molecular flexibility index (Phi) is 4.98. The minimum atomic E-state index is -2.81. The molecule has 0 amide bonds. The quantitative estimate of drug-likeness (QED) is 0.400. The number of nitrogens with one attached hydrogen (secondary N) is 1. The van der Waals surface area contributed by atoms with Gasteiger partial charge < -0.3 is 14.6 Å². The number of benzene rings is 1. The number of H-pyrrole nitrogens is 1. The van der Waals surface area contributed by atoms with E-state index in [2.05, 4.69) is 25.1 Å². The molecule has 0 unspecified atom stereocenters. The maximum atomic E-state index is 13.6. The molecule has 4 aromatic heterocycles. The summed E-state index contributed by atoms with van der Waals surface area (Å²) in [5, 5.41) is 16.2. The highest BCUT2D eigenvalue weighted by atomic mass is 19.3. The van der Waals surface area contributed by atoms with Gasteiger partial charge in [0.2, 0.25) is 0 Å². The summed E-state index contributed by atoms with van der Waals surface area (Å²) in [7, 11) is 0. The van der Waals surface area contributed by atoms with Crippen LogP contribution in [0.2, 0.25) is 0 Å². The van der Waals surface area contributed by atoms with Crippen LogP contribution in [-0.2, 0) is 5.60 Å². The number of aromatic amines is 1. The Morgan fingerprint density at radius 2 is 1.67 bits per heavy atom. The van der Waals surface area contributed by atoms with Gasteiger partial charge in [0.05, 0.1) is 28.1 Å². The molecule has 1 aromatic carbocycles. The molecule has 0 bridgehead atoms. The monoisotopic (exact) mass is 447 g/mol. The van der Waals surface area contributed by atoms with Gasteiger partial charge in [-0.3, -0.25) is 9.97 Å². The lowest BCUT2D eigenvalue weighted by molar-refractivity contribution is 0.117. The largest absolute Gasteiger partial charge is 0.373 e. The summed E-state index contributed by atoms with van der Waals surface area (Å²) >= 11 is 0. The summed E-state index contributed by atoms with van der Waals surface area (Å²) in [5.41, 5.74) is 1.44. The van der Waals surface area contributed by atoms with Gasteiger partial charge in [-0.1, -0.05) is 17.3 Å². The van der Waals surface area contributed by atoms with Gasteiger partial charge in [-0.25, -0.2) is 13.8 Å². The Morgan fingerprint density at radius 1 is 1.00 bits per heavy atom. The van der Waals surface area contributed by atoms with Gasteiger partial charge >= 0.3 is 0 Å². The van der Waals surface area contributed by atoms with E-state index in [0.717, 1.165) is 0 Å². The van der Waals surface area contributed by atoms with Crippen LogP contribution < -0.4 is 0 Å². The lowest BCUT2D eigenvalue weighted by Gasteiger charge is -2.28. The third kappa shape index (κ3) is 3.37. The molecule has 4 heterocycles. The van der Waals surface area contributed by atoms with Crippen molar-refractivity contribution in [1.29, 1.82) is 0 Å². The van der Waals surface area contributed by atoms with Gasteiger partial charge in [-0.05, 0) is 55.8 Å². The first-order valence-electron chi connectivity index (χ1n) is 10.2. The second-order valence-corrected chi connectivity index (χ2v) is 7.68. The SMILES string of the molecule is Cc1noc(C)c1-c1cc(C(O)(c2ccccn2)c2ccccn2)c2nc(C(F)F)[nH]c2c1. The minimum Gasteiger partial charge on any atom is -0.373 e. The van der Waals surface area contributed by atoms with Crippen LogP contribution in [0.3, 0.4) is 0 Å². The molecule has 0 aliphatic rings. The zero-order valence-electron chi connectivity index (χ0n) is 17.8. The van der Waals surface area contributed by atoms with E-state index >= 15 is 0 Å². The number of rotatable bonds is 5. The normalized spacial score (nSPS) is 12.1. The first-order valence-corrected chi connectivity index (χ1v) is 10.2. The fourth-order valence-electron chi connectivity index (χ4n) is 4.12. The van der Waals surface area contributed by atoms with Crippen LogP contribution in [0.1, 0.15) is 40.7 Å². The van der Waals surface area contributed by atoms with Gasteiger partial charge in [0.25, 0.3) is 6.43 Å². The smallest absolute Gasteiger partial charge is 0.295 e. The number of imidazole rings is 1. The van der Waals surface area contributed by atoms with Gasteiger partial charge in [-0.2, -0.15) is 0 Å². The first-order chi connectivity index (χ1) is 15.9. The molecule has 9 heteroatoms. The van der Waals surface area contributed by atoms with Crippen LogP contribution in [0.4, 0.5) is 8.78 Å². The van der Waals surface area contributed by atoms with Crippen LogP contribution in [0.25, 0.3) is 22.2 Å². The summed E-state index contributed by atoms with van der Waals surface area (Å²) in [6.07, 6.45) is 0.284. The molecule has 2 N–H and O–H groups in total. The van der Waals surface area contributed by atoms with Gasteiger partial charge in [0, 0.05) is 23.5 Å². The van der Waals surface area contributed by atoms with E-state index in [1.165, 1.54) is 0 Å². The van der Waals surface area contributed by atoms with Crippen molar-refractivity contribution in [2.45, 2.75) is 25.9 Å². The summed E-state index contributed by atoms with van der Waals surface area (Å²) in [4.78, 5) is 15.6. The second-order valence-electron chi connectivity index (χ2n) is 7.68. The zero-order chi connectivity index (χ0) is 23.2. The molecule has 33 heavy (non-hydrogen) atoms. The number of aryl methyl sites for hydroxylation is 2. The van der Waals surface area contributed by atoms with E-state index in [4.69, 9.17) is 4.52 Å². The van der Waals surface area contributed by atoms with Crippen molar-refractivity contribution in [3.05, 3.63) is 95.2 Å². The van der Waals surface area contributed by atoms with E-state index in [0.29, 0.717) is 28.1 Å². The topological polar surface area (TPSA) is 101 Å². The third-order valence-electron chi connectivity index (χ3n) is 5.59. The molecule has 0 saturated carbocycles. The molecule has 0 radical (unpaired) electrons. The fraction of sp³-hybridized carbons (Fsp3) is 0.167. The highest BCUT2D eigenvalue weighted by Crippen LogP contribution is 2.41. The predicted octanol–water partition coefficient (Wildman–Crippen LogP) is 4.85. The summed E-state index contributed by atoms with van der Waals surface area (Å²) in [5.74, 6) is 0.0668. The Bertz CT molecular complexity index is 1370. The van der Waals surface area contributed by atoms with Crippen molar-refractivity contribution in [2.24, 2.45) is 0 Å². The molecule has 0 fully saturated rings. The van der Waals surface area contributed by atoms with Crippen LogP contribution in [0.5, 0.6) is 0 Å². The van der Waals surface area contributed by atoms with Crippen molar-refractivity contribution in [3.63, 3.8) is 0 Å². The van der Waals surface area contributed by atoms with E-state index in [1.807, 2.05) is 0 Å². The van der Waals surface area contributed by atoms with E-state index in [1.54, 1.807) is 74.8 Å². The second kappa shape index (κ2) is 7.86. The summed E-state index contributed by atoms with van der Waals surface area (Å²) in [6.45, 7) is 3.55. The number of hydrogen-bond acceptors (Lipinski definition) is 6. The average molecular weight is 447 g/mol. The Hall–Kier alpha value is -3.98. The van der Waals surface area contributed by atoms with E-state index in [9.17, 15) is 13.9 Å². The summed E-state index contributed by atoms with van der Waals surface area (Å²) < 4.78 is 32.5. The van der Waals surface area contributed by atoms with Crippen molar-refractivity contribution in [3.8, 4) is 11.1 Å². The number of nitrogens with zero attached hydrogens (tertiary/aromatic N) is 4. The van der Waals surface area contributed by atoms with Crippen LogP contribution in [0, 0.1) is 13.8 Å². The third-order valence-corrected chi connectivity index (χ3v) is 5.59. The number of hydrogen-bond donors (Lipinski definition) is 2. The fourth-order valence-corrected chi connectivity index (χ4v) is 4.12. The number of alkyl halides is 2. The number of pyridine rings is 2. The molecule has 5 rings (SSSR count).